The Bertz CT molecular complexity index is 775. The number of hydrogen-bond donors (Lipinski definition) is 1. The van der Waals surface area contributed by atoms with Crippen LogP contribution < -0.4 is 19.5 Å². The summed E-state index contributed by atoms with van der Waals surface area (Å²) in [6, 6.07) is 8.66. The maximum Gasteiger partial charge on any atom is 0.273 e. The fraction of sp³-hybridized carbons (Fsp3) is 0.188. The first-order chi connectivity index (χ1) is 11.5. The van der Waals surface area contributed by atoms with Gasteiger partial charge in [0.25, 0.3) is 11.6 Å². The van der Waals surface area contributed by atoms with Crippen molar-refractivity contribution >= 4 is 17.3 Å². The fourth-order valence-electron chi connectivity index (χ4n) is 2.07. The molecule has 24 heavy (non-hydrogen) atoms. The number of carbonyl (C=O) groups is 1. The highest BCUT2D eigenvalue weighted by molar-refractivity contribution is 6.05. The Morgan fingerprint density at radius 3 is 2.21 bits per heavy atom. The molecule has 0 saturated heterocycles. The van der Waals surface area contributed by atoms with Crippen molar-refractivity contribution in [2.24, 2.45) is 0 Å². The van der Waals surface area contributed by atoms with Gasteiger partial charge in [-0.05, 0) is 24.3 Å². The standard InChI is InChI=1S/C16H16N2O6/c1-22-13-7-4-10(8-15(13)24-3)16(19)17-12-6-5-11(18(20)21)9-14(12)23-2/h4-9H,1-3H3,(H,17,19). The summed E-state index contributed by atoms with van der Waals surface area (Å²) in [5.74, 6) is 0.698. The molecule has 0 aliphatic carbocycles. The number of nitro benzene ring substituents is 1. The van der Waals surface area contributed by atoms with E-state index in [0.717, 1.165) is 0 Å². The van der Waals surface area contributed by atoms with Crippen LogP contribution in [0.3, 0.4) is 0 Å². The zero-order chi connectivity index (χ0) is 17.7. The molecule has 8 heteroatoms. The third-order valence-corrected chi connectivity index (χ3v) is 3.29. The van der Waals surface area contributed by atoms with E-state index in [4.69, 9.17) is 14.2 Å². The number of nitrogens with zero attached hydrogens (tertiary/aromatic N) is 1. The van der Waals surface area contributed by atoms with E-state index in [1.54, 1.807) is 12.1 Å². The number of nitro groups is 1. The summed E-state index contributed by atoms with van der Waals surface area (Å²) in [7, 11) is 4.34. The van der Waals surface area contributed by atoms with E-state index in [1.807, 2.05) is 0 Å². The normalized spacial score (nSPS) is 9.96. The van der Waals surface area contributed by atoms with Crippen LogP contribution in [0.5, 0.6) is 17.2 Å². The highest BCUT2D eigenvalue weighted by atomic mass is 16.6. The molecule has 0 aliphatic rings. The largest absolute Gasteiger partial charge is 0.494 e. The number of hydrogen-bond acceptors (Lipinski definition) is 6. The topological polar surface area (TPSA) is 99.9 Å². The molecule has 0 aliphatic heterocycles. The van der Waals surface area contributed by atoms with Crippen molar-refractivity contribution in [1.29, 1.82) is 0 Å². The van der Waals surface area contributed by atoms with Crippen molar-refractivity contribution in [3.8, 4) is 17.2 Å². The van der Waals surface area contributed by atoms with Crippen LogP contribution in [-0.4, -0.2) is 32.2 Å². The van der Waals surface area contributed by atoms with Gasteiger partial charge in [-0.3, -0.25) is 14.9 Å². The number of anilines is 1. The lowest BCUT2D eigenvalue weighted by atomic mass is 10.1. The van der Waals surface area contributed by atoms with Crippen molar-refractivity contribution in [3.05, 3.63) is 52.1 Å². The van der Waals surface area contributed by atoms with Gasteiger partial charge in [0.1, 0.15) is 5.75 Å². The number of carbonyl (C=O) groups excluding carboxylic acids is 1. The summed E-state index contributed by atoms with van der Waals surface area (Å²) in [5, 5.41) is 13.4. The first kappa shape index (κ1) is 17.1. The molecule has 0 saturated carbocycles. The average molecular weight is 332 g/mol. The minimum Gasteiger partial charge on any atom is -0.494 e. The summed E-state index contributed by atoms with van der Waals surface area (Å²) < 4.78 is 15.4. The first-order valence-corrected chi connectivity index (χ1v) is 6.86. The lowest BCUT2D eigenvalue weighted by molar-refractivity contribution is -0.384. The number of non-ortho nitro benzene ring substituents is 1. The molecule has 0 unspecified atom stereocenters. The molecule has 126 valence electrons. The van der Waals surface area contributed by atoms with Gasteiger partial charge in [-0.1, -0.05) is 0 Å². The third kappa shape index (κ3) is 3.54. The summed E-state index contributed by atoms with van der Waals surface area (Å²) >= 11 is 0. The minimum absolute atomic E-state index is 0.129. The molecule has 0 spiro atoms. The second kappa shape index (κ2) is 7.32. The van der Waals surface area contributed by atoms with Crippen molar-refractivity contribution in [2.75, 3.05) is 26.6 Å². The smallest absolute Gasteiger partial charge is 0.273 e. The molecular weight excluding hydrogens is 316 g/mol. The van der Waals surface area contributed by atoms with E-state index in [0.29, 0.717) is 22.7 Å². The van der Waals surface area contributed by atoms with Crippen LogP contribution in [0.2, 0.25) is 0 Å². The van der Waals surface area contributed by atoms with Gasteiger partial charge in [-0.2, -0.15) is 0 Å². The number of benzene rings is 2. The molecule has 0 bridgehead atoms. The van der Waals surface area contributed by atoms with Gasteiger partial charge in [-0.15, -0.1) is 0 Å². The molecule has 2 rings (SSSR count). The number of ether oxygens (including phenoxy) is 3. The lowest BCUT2D eigenvalue weighted by Gasteiger charge is -2.12. The Hall–Kier alpha value is -3.29. The van der Waals surface area contributed by atoms with Gasteiger partial charge in [0, 0.05) is 11.6 Å². The maximum atomic E-state index is 12.4. The summed E-state index contributed by atoms with van der Waals surface area (Å²) in [5.41, 5.74) is 0.534. The molecule has 0 fully saturated rings. The molecular formula is C16H16N2O6. The number of nitrogens with one attached hydrogen (secondary N) is 1. The number of amides is 1. The molecule has 0 heterocycles. The van der Waals surface area contributed by atoms with Crippen LogP contribution in [0.1, 0.15) is 10.4 Å². The number of rotatable bonds is 6. The summed E-state index contributed by atoms with van der Waals surface area (Å²) in [6.07, 6.45) is 0. The summed E-state index contributed by atoms with van der Waals surface area (Å²) in [6.45, 7) is 0. The van der Waals surface area contributed by atoms with Crippen LogP contribution in [-0.2, 0) is 0 Å². The molecule has 8 nitrogen and oxygen atoms in total. The Morgan fingerprint density at radius 2 is 1.62 bits per heavy atom. The average Bonchev–Trinajstić information content (AvgIpc) is 2.60. The maximum absolute atomic E-state index is 12.4. The van der Waals surface area contributed by atoms with Gasteiger partial charge in [0.2, 0.25) is 0 Å². The monoisotopic (exact) mass is 332 g/mol. The molecule has 1 N–H and O–H groups in total. The molecule has 0 aromatic heterocycles. The zero-order valence-electron chi connectivity index (χ0n) is 13.4. The van der Waals surface area contributed by atoms with Gasteiger partial charge >= 0.3 is 0 Å². The van der Waals surface area contributed by atoms with Gasteiger partial charge < -0.3 is 19.5 Å². The second-order valence-electron chi connectivity index (χ2n) is 4.67. The van der Waals surface area contributed by atoms with Crippen LogP contribution in [0.4, 0.5) is 11.4 Å². The van der Waals surface area contributed by atoms with Crippen molar-refractivity contribution < 1.29 is 23.9 Å². The van der Waals surface area contributed by atoms with Crippen LogP contribution in [0, 0.1) is 10.1 Å². The SMILES string of the molecule is COc1cc([N+](=O)[O-])ccc1NC(=O)c1ccc(OC)c(OC)c1. The fourth-order valence-corrected chi connectivity index (χ4v) is 2.07. The molecule has 2 aromatic rings. The van der Waals surface area contributed by atoms with E-state index >= 15 is 0 Å². The minimum atomic E-state index is -0.539. The number of methoxy groups -OCH3 is 3. The molecule has 2 aromatic carbocycles. The first-order valence-electron chi connectivity index (χ1n) is 6.86. The third-order valence-electron chi connectivity index (χ3n) is 3.29. The van der Waals surface area contributed by atoms with E-state index < -0.39 is 10.8 Å². The second-order valence-corrected chi connectivity index (χ2v) is 4.67. The molecule has 0 radical (unpaired) electrons. The van der Waals surface area contributed by atoms with E-state index in [-0.39, 0.29) is 11.4 Å². The van der Waals surface area contributed by atoms with Gasteiger partial charge in [0.15, 0.2) is 11.5 Å². The Labute approximate surface area is 138 Å². The molecule has 0 atom stereocenters. The van der Waals surface area contributed by atoms with E-state index in [1.165, 1.54) is 45.6 Å². The van der Waals surface area contributed by atoms with Crippen LogP contribution >= 0.6 is 0 Å². The van der Waals surface area contributed by atoms with Crippen molar-refractivity contribution in [2.45, 2.75) is 0 Å². The van der Waals surface area contributed by atoms with Crippen LogP contribution in [0.25, 0.3) is 0 Å². The predicted octanol–water partition coefficient (Wildman–Crippen LogP) is 2.87. The van der Waals surface area contributed by atoms with E-state index in [2.05, 4.69) is 5.32 Å². The van der Waals surface area contributed by atoms with Crippen molar-refractivity contribution in [1.82, 2.24) is 0 Å². The lowest BCUT2D eigenvalue weighted by Crippen LogP contribution is -2.13. The Balaban J connectivity index is 2.28. The Morgan fingerprint density at radius 1 is 0.958 bits per heavy atom. The van der Waals surface area contributed by atoms with Crippen LogP contribution in [0.15, 0.2) is 36.4 Å². The zero-order valence-corrected chi connectivity index (χ0v) is 13.4. The quantitative estimate of drug-likeness (QED) is 0.645. The molecule has 1 amide bonds. The highest BCUT2D eigenvalue weighted by Crippen LogP contribution is 2.31. The highest BCUT2D eigenvalue weighted by Gasteiger charge is 2.15. The predicted molar refractivity (Wildman–Crippen MR) is 87.1 cm³/mol. The summed E-state index contributed by atoms with van der Waals surface area (Å²) in [4.78, 5) is 22.6. The Kier molecular flexibility index (Phi) is 5.20. The van der Waals surface area contributed by atoms with Crippen molar-refractivity contribution in [3.63, 3.8) is 0 Å². The van der Waals surface area contributed by atoms with Gasteiger partial charge in [0.05, 0.1) is 38.0 Å². The van der Waals surface area contributed by atoms with Gasteiger partial charge in [-0.25, -0.2) is 0 Å². The van der Waals surface area contributed by atoms with E-state index in [9.17, 15) is 14.9 Å².